The average Bonchev–Trinajstić information content (AvgIpc) is 4.16. The van der Waals surface area contributed by atoms with E-state index >= 15 is 0 Å². The lowest BCUT2D eigenvalue weighted by Gasteiger charge is -2.16. The molecule has 5 aromatic heterocycles. The van der Waals surface area contributed by atoms with Crippen LogP contribution in [0.25, 0.3) is 148 Å². The molecule has 0 radical (unpaired) electrons. The summed E-state index contributed by atoms with van der Waals surface area (Å²) >= 11 is 1.82. The molecule has 68 heavy (non-hydrogen) atoms. The second kappa shape index (κ2) is 14.3. The summed E-state index contributed by atoms with van der Waals surface area (Å²) in [6.07, 6.45) is 0. The average molecular weight is 887 g/mol. The van der Waals surface area contributed by atoms with Gasteiger partial charge >= 0.3 is 0 Å². The molecule has 6 nitrogen and oxygen atoms in total. The Bertz CT molecular complexity index is 4460. The highest BCUT2D eigenvalue weighted by Gasteiger charge is 2.23. The van der Waals surface area contributed by atoms with E-state index in [0.717, 1.165) is 88.4 Å². The van der Waals surface area contributed by atoms with E-state index in [2.05, 4.69) is 150 Å². The molecule has 0 aliphatic carbocycles. The Morgan fingerprint density at radius 3 is 1.60 bits per heavy atom. The Kier molecular flexibility index (Phi) is 7.85. The van der Waals surface area contributed by atoms with E-state index < -0.39 is 0 Å². The minimum Gasteiger partial charge on any atom is -0.456 e. The smallest absolute Gasteiger partial charge is 0.164 e. The number of hydrogen-bond donors (Lipinski definition) is 0. The summed E-state index contributed by atoms with van der Waals surface area (Å²) in [7, 11) is 0. The number of para-hydroxylation sites is 3. The lowest BCUT2D eigenvalue weighted by atomic mass is 9.96. The van der Waals surface area contributed by atoms with Gasteiger partial charge in [-0.3, -0.25) is 0 Å². The number of furan rings is 2. The van der Waals surface area contributed by atoms with Crippen LogP contribution in [0.3, 0.4) is 0 Å². The van der Waals surface area contributed by atoms with Crippen LogP contribution in [0.2, 0.25) is 0 Å². The molecule has 7 heteroatoms. The van der Waals surface area contributed by atoms with Crippen LogP contribution in [-0.2, 0) is 0 Å². The van der Waals surface area contributed by atoms with Gasteiger partial charge in [-0.25, -0.2) is 15.0 Å². The van der Waals surface area contributed by atoms with Crippen molar-refractivity contribution in [1.82, 2.24) is 19.5 Å². The van der Waals surface area contributed by atoms with Crippen LogP contribution in [0, 0.1) is 0 Å². The SMILES string of the molecule is c1ccc2cc3c(cc2c1)c1ccccc1n3-c1ccc(-c2nc(-c3cccc4oc5ccccc5c34)nc(-c3cccc4oc5ccccc5c34)n2)c(-c2ccc3c(c2)sc2ccccc23)c1. The van der Waals surface area contributed by atoms with Gasteiger partial charge in [0.1, 0.15) is 22.3 Å². The topological polar surface area (TPSA) is 69.9 Å². The molecule has 15 rings (SSSR count). The molecule has 0 aliphatic rings. The predicted molar refractivity (Wildman–Crippen MR) is 281 cm³/mol. The van der Waals surface area contributed by atoms with Crippen molar-refractivity contribution in [2.24, 2.45) is 0 Å². The van der Waals surface area contributed by atoms with Crippen molar-refractivity contribution in [3.63, 3.8) is 0 Å². The number of benzene rings is 10. The molecular formula is C61H34N4O2S. The maximum atomic E-state index is 6.42. The molecule has 0 unspecified atom stereocenters. The van der Waals surface area contributed by atoms with Gasteiger partial charge in [-0.1, -0.05) is 133 Å². The van der Waals surface area contributed by atoms with Gasteiger partial charge in [-0.15, -0.1) is 11.3 Å². The largest absolute Gasteiger partial charge is 0.456 e. The molecule has 15 aromatic rings. The van der Waals surface area contributed by atoms with Crippen molar-refractivity contribution in [2.45, 2.75) is 0 Å². The van der Waals surface area contributed by atoms with Gasteiger partial charge in [0.25, 0.3) is 0 Å². The van der Waals surface area contributed by atoms with E-state index in [4.69, 9.17) is 23.8 Å². The van der Waals surface area contributed by atoms with Crippen molar-refractivity contribution in [3.8, 4) is 51.0 Å². The second-order valence-electron chi connectivity index (χ2n) is 17.5. The monoisotopic (exact) mass is 886 g/mol. The van der Waals surface area contributed by atoms with Gasteiger partial charge in [0.05, 0.1) is 11.0 Å². The highest BCUT2D eigenvalue weighted by molar-refractivity contribution is 7.25. The fourth-order valence-electron chi connectivity index (χ4n) is 10.6. The number of hydrogen-bond acceptors (Lipinski definition) is 6. The highest BCUT2D eigenvalue weighted by atomic mass is 32.1. The van der Waals surface area contributed by atoms with E-state index in [1.807, 2.05) is 72.0 Å². The summed E-state index contributed by atoms with van der Waals surface area (Å²) in [5.41, 5.74) is 11.2. The maximum absolute atomic E-state index is 6.42. The van der Waals surface area contributed by atoms with Gasteiger partial charge in [-0.2, -0.15) is 0 Å². The fraction of sp³-hybridized carbons (Fsp3) is 0. The zero-order valence-corrected chi connectivity index (χ0v) is 37.0. The lowest BCUT2D eigenvalue weighted by Crippen LogP contribution is -2.02. The Labute approximate surface area is 391 Å². The molecule has 0 bridgehead atoms. The number of rotatable bonds is 5. The minimum absolute atomic E-state index is 0.552. The third-order valence-corrected chi connectivity index (χ3v) is 14.8. The zero-order valence-electron chi connectivity index (χ0n) is 36.1. The Hall–Kier alpha value is -8.91. The van der Waals surface area contributed by atoms with Crippen LogP contribution < -0.4 is 0 Å². The second-order valence-corrected chi connectivity index (χ2v) is 18.6. The Morgan fingerprint density at radius 1 is 0.338 bits per heavy atom. The van der Waals surface area contributed by atoms with Crippen molar-refractivity contribution in [2.75, 3.05) is 0 Å². The first-order valence-electron chi connectivity index (χ1n) is 22.7. The third-order valence-electron chi connectivity index (χ3n) is 13.7. The van der Waals surface area contributed by atoms with E-state index in [9.17, 15) is 0 Å². The fourth-order valence-corrected chi connectivity index (χ4v) is 11.7. The van der Waals surface area contributed by atoms with Crippen LogP contribution in [0.4, 0.5) is 0 Å². The van der Waals surface area contributed by atoms with Crippen LogP contribution in [-0.4, -0.2) is 19.5 Å². The minimum atomic E-state index is 0.552. The molecule has 5 heterocycles. The summed E-state index contributed by atoms with van der Waals surface area (Å²) in [4.78, 5) is 16.4. The molecule has 316 valence electrons. The number of aromatic nitrogens is 4. The third kappa shape index (κ3) is 5.54. The first kappa shape index (κ1) is 37.3. The summed E-state index contributed by atoms with van der Waals surface area (Å²) in [6.45, 7) is 0. The van der Waals surface area contributed by atoms with E-state index in [1.165, 1.54) is 41.7 Å². The van der Waals surface area contributed by atoms with E-state index in [-0.39, 0.29) is 0 Å². The molecule has 0 fully saturated rings. The quantitative estimate of drug-likeness (QED) is 0.172. The molecule has 0 N–H and O–H groups in total. The number of thiophene rings is 1. The number of nitrogens with zero attached hydrogens (tertiary/aromatic N) is 4. The van der Waals surface area contributed by atoms with Crippen LogP contribution >= 0.6 is 11.3 Å². The van der Waals surface area contributed by atoms with Gasteiger partial charge in [-0.05, 0) is 94.7 Å². The van der Waals surface area contributed by atoms with E-state index in [0.29, 0.717) is 17.5 Å². The van der Waals surface area contributed by atoms with Crippen LogP contribution in [0.5, 0.6) is 0 Å². The molecule has 0 saturated carbocycles. The maximum Gasteiger partial charge on any atom is 0.164 e. The summed E-state index contributed by atoms with van der Waals surface area (Å²) in [6, 6.07) is 72.8. The summed E-state index contributed by atoms with van der Waals surface area (Å²) in [5.74, 6) is 1.67. The van der Waals surface area contributed by atoms with Crippen LogP contribution in [0.15, 0.2) is 215 Å². The van der Waals surface area contributed by atoms with Crippen molar-refractivity contribution < 1.29 is 8.83 Å². The first-order chi connectivity index (χ1) is 33.7. The molecule has 0 atom stereocenters. The number of fused-ring (bicyclic) bond motifs is 13. The molecule has 0 spiro atoms. The molecule has 10 aromatic carbocycles. The molecule has 0 amide bonds. The highest BCUT2D eigenvalue weighted by Crippen LogP contribution is 2.44. The van der Waals surface area contributed by atoms with E-state index in [1.54, 1.807) is 0 Å². The summed E-state index contributed by atoms with van der Waals surface area (Å²) < 4.78 is 17.7. The zero-order chi connectivity index (χ0) is 44.5. The normalized spacial score (nSPS) is 12.1. The molecule has 0 aliphatic heterocycles. The Morgan fingerprint density at radius 2 is 0.897 bits per heavy atom. The van der Waals surface area contributed by atoms with Crippen LogP contribution in [0.1, 0.15) is 0 Å². The van der Waals surface area contributed by atoms with Gasteiger partial charge in [0, 0.05) is 74.9 Å². The van der Waals surface area contributed by atoms with Crippen molar-refractivity contribution >= 4 is 108 Å². The van der Waals surface area contributed by atoms with Crippen molar-refractivity contribution in [1.29, 1.82) is 0 Å². The lowest BCUT2D eigenvalue weighted by molar-refractivity contribution is 0.668. The van der Waals surface area contributed by atoms with Gasteiger partial charge in [0.15, 0.2) is 17.5 Å². The van der Waals surface area contributed by atoms with Gasteiger partial charge < -0.3 is 13.4 Å². The standard InChI is InChI=1S/C61H34N4O2S/c1-2-14-36-32-50-48(31-35(36)13-1)39-15-3-7-21-49(39)65(50)38-28-30-42(47(34-38)37-27-29-41-40-16-6-10-26-55(40)68-56(41)33-37)59-62-60(45-19-11-24-53-57(45)43-17-4-8-22-51(43)66-53)64-61(63-59)46-20-12-25-54-58(46)44-18-5-9-23-52(44)67-54/h1-34H. The van der Waals surface area contributed by atoms with Crippen molar-refractivity contribution in [3.05, 3.63) is 206 Å². The summed E-state index contributed by atoms with van der Waals surface area (Å²) in [5, 5.41) is 11.3. The molecular weight excluding hydrogens is 853 g/mol. The Balaban J connectivity index is 1.03. The molecule has 0 saturated heterocycles. The first-order valence-corrected chi connectivity index (χ1v) is 23.6. The van der Waals surface area contributed by atoms with Gasteiger partial charge in [0.2, 0.25) is 0 Å². The predicted octanol–water partition coefficient (Wildman–Crippen LogP) is 17.0.